The molecule has 1 heterocycles. The standard InChI is InChI=1S/C19H38N4O2/c1-3-5-7-9-11-21-18(24)16-13-17(15-23(20)14-16)19(25)22-12-10-8-6-4-2/h16-17H,3-15,20H2,1-2H3,(H,21,24)(H,22,25). The summed E-state index contributed by atoms with van der Waals surface area (Å²) in [4.78, 5) is 24.7. The number of rotatable bonds is 12. The molecule has 1 saturated heterocycles. The molecule has 0 aliphatic carbocycles. The van der Waals surface area contributed by atoms with Crippen LogP contribution in [0.4, 0.5) is 0 Å². The Morgan fingerprint density at radius 1 is 0.840 bits per heavy atom. The summed E-state index contributed by atoms with van der Waals surface area (Å²) in [7, 11) is 0. The van der Waals surface area contributed by atoms with Crippen molar-refractivity contribution in [1.29, 1.82) is 0 Å². The molecule has 146 valence electrons. The number of carbonyl (C=O) groups is 2. The molecule has 1 fully saturated rings. The van der Waals surface area contributed by atoms with E-state index in [1.165, 1.54) is 25.7 Å². The largest absolute Gasteiger partial charge is 0.356 e. The van der Waals surface area contributed by atoms with Crippen molar-refractivity contribution in [2.75, 3.05) is 26.2 Å². The van der Waals surface area contributed by atoms with Gasteiger partial charge in [-0.1, -0.05) is 52.4 Å². The van der Waals surface area contributed by atoms with E-state index in [0.717, 1.165) is 25.7 Å². The van der Waals surface area contributed by atoms with Crippen LogP contribution in [-0.4, -0.2) is 43.0 Å². The molecule has 4 N–H and O–H groups in total. The van der Waals surface area contributed by atoms with E-state index in [0.29, 0.717) is 32.6 Å². The molecule has 0 bridgehead atoms. The average Bonchev–Trinajstić information content (AvgIpc) is 2.60. The first kappa shape index (κ1) is 21.9. The molecular weight excluding hydrogens is 316 g/mol. The minimum absolute atomic E-state index is 0.0346. The summed E-state index contributed by atoms with van der Waals surface area (Å²) in [6.07, 6.45) is 9.70. The summed E-state index contributed by atoms with van der Waals surface area (Å²) < 4.78 is 0. The fourth-order valence-corrected chi connectivity index (χ4v) is 3.33. The van der Waals surface area contributed by atoms with Gasteiger partial charge in [0.25, 0.3) is 0 Å². The Hall–Kier alpha value is -1.14. The normalized spacial score (nSPS) is 21.1. The van der Waals surface area contributed by atoms with E-state index in [-0.39, 0.29) is 23.7 Å². The van der Waals surface area contributed by atoms with E-state index in [2.05, 4.69) is 24.5 Å². The minimum atomic E-state index is -0.194. The van der Waals surface area contributed by atoms with Gasteiger partial charge >= 0.3 is 0 Å². The number of piperidine rings is 1. The van der Waals surface area contributed by atoms with Gasteiger partial charge in [0.1, 0.15) is 0 Å². The zero-order valence-corrected chi connectivity index (χ0v) is 16.2. The lowest BCUT2D eigenvalue weighted by Crippen LogP contribution is -2.52. The van der Waals surface area contributed by atoms with Crippen LogP contribution in [0.3, 0.4) is 0 Å². The fourth-order valence-electron chi connectivity index (χ4n) is 3.33. The highest BCUT2D eigenvalue weighted by Gasteiger charge is 2.33. The molecule has 6 nitrogen and oxygen atoms in total. The average molecular weight is 355 g/mol. The third kappa shape index (κ3) is 9.21. The smallest absolute Gasteiger partial charge is 0.224 e. The lowest BCUT2D eigenvalue weighted by Gasteiger charge is -2.33. The van der Waals surface area contributed by atoms with Crippen LogP contribution in [0.15, 0.2) is 0 Å². The molecule has 0 aromatic carbocycles. The SMILES string of the molecule is CCCCCCNC(=O)C1CC(C(=O)NCCCCCC)CN(N)C1. The maximum absolute atomic E-state index is 12.4. The molecule has 6 heteroatoms. The van der Waals surface area contributed by atoms with Gasteiger partial charge in [0, 0.05) is 26.2 Å². The lowest BCUT2D eigenvalue weighted by atomic mass is 9.88. The maximum atomic E-state index is 12.4. The zero-order chi connectivity index (χ0) is 18.5. The molecule has 0 spiro atoms. The van der Waals surface area contributed by atoms with Gasteiger partial charge in [-0.3, -0.25) is 15.4 Å². The molecule has 0 saturated carbocycles. The number of nitrogens with zero attached hydrogens (tertiary/aromatic N) is 1. The Bertz CT molecular complexity index is 356. The highest BCUT2D eigenvalue weighted by Crippen LogP contribution is 2.20. The number of hydrogen-bond donors (Lipinski definition) is 3. The first-order valence-electron chi connectivity index (χ1n) is 10.1. The zero-order valence-electron chi connectivity index (χ0n) is 16.2. The Morgan fingerprint density at radius 2 is 1.28 bits per heavy atom. The maximum Gasteiger partial charge on any atom is 0.224 e. The summed E-state index contributed by atoms with van der Waals surface area (Å²) in [5.41, 5.74) is 0. The van der Waals surface area contributed by atoms with Crippen molar-refractivity contribution in [3.8, 4) is 0 Å². The number of nitrogens with one attached hydrogen (secondary N) is 2. The van der Waals surface area contributed by atoms with Gasteiger partial charge in [0.05, 0.1) is 11.8 Å². The Balaban J connectivity index is 2.32. The lowest BCUT2D eigenvalue weighted by molar-refractivity contribution is -0.132. The van der Waals surface area contributed by atoms with E-state index >= 15 is 0 Å². The molecule has 0 radical (unpaired) electrons. The summed E-state index contributed by atoms with van der Waals surface area (Å²) in [6, 6.07) is 0. The van der Waals surface area contributed by atoms with Gasteiger partial charge < -0.3 is 10.6 Å². The van der Waals surface area contributed by atoms with Crippen molar-refractivity contribution in [1.82, 2.24) is 15.6 Å². The molecule has 1 rings (SSSR count). The van der Waals surface area contributed by atoms with Crippen LogP contribution in [0.5, 0.6) is 0 Å². The Morgan fingerprint density at radius 3 is 1.68 bits per heavy atom. The summed E-state index contributed by atoms with van der Waals surface area (Å²) in [5, 5.41) is 7.63. The van der Waals surface area contributed by atoms with Crippen LogP contribution in [-0.2, 0) is 9.59 Å². The monoisotopic (exact) mass is 354 g/mol. The molecule has 0 aromatic rings. The van der Waals surface area contributed by atoms with Crippen molar-refractivity contribution in [2.45, 2.75) is 71.6 Å². The van der Waals surface area contributed by atoms with Crippen LogP contribution in [0.1, 0.15) is 71.6 Å². The van der Waals surface area contributed by atoms with E-state index in [9.17, 15) is 9.59 Å². The summed E-state index contributed by atoms with van der Waals surface area (Å²) in [5.74, 6) is 5.63. The van der Waals surface area contributed by atoms with Gasteiger partial charge in [-0.05, 0) is 19.3 Å². The molecular formula is C19H38N4O2. The van der Waals surface area contributed by atoms with Crippen molar-refractivity contribution in [2.24, 2.45) is 17.7 Å². The molecule has 1 aliphatic rings. The van der Waals surface area contributed by atoms with E-state index in [1.54, 1.807) is 5.01 Å². The van der Waals surface area contributed by atoms with E-state index in [1.807, 2.05) is 0 Å². The molecule has 2 amide bonds. The summed E-state index contributed by atoms with van der Waals surface area (Å²) in [6.45, 7) is 6.83. The fraction of sp³-hybridized carbons (Fsp3) is 0.895. The van der Waals surface area contributed by atoms with Crippen molar-refractivity contribution < 1.29 is 9.59 Å². The first-order chi connectivity index (χ1) is 12.1. The molecule has 0 aromatic heterocycles. The van der Waals surface area contributed by atoms with Gasteiger partial charge in [0.15, 0.2) is 0 Å². The number of amides is 2. The molecule has 2 unspecified atom stereocenters. The van der Waals surface area contributed by atoms with Crippen LogP contribution in [0, 0.1) is 11.8 Å². The van der Waals surface area contributed by atoms with Gasteiger partial charge in [0.2, 0.25) is 11.8 Å². The second-order valence-corrected chi connectivity index (χ2v) is 7.29. The predicted molar refractivity (Wildman–Crippen MR) is 102 cm³/mol. The van der Waals surface area contributed by atoms with Crippen LogP contribution in [0.25, 0.3) is 0 Å². The van der Waals surface area contributed by atoms with Gasteiger partial charge in [-0.15, -0.1) is 0 Å². The highest BCUT2D eigenvalue weighted by atomic mass is 16.2. The molecule has 2 atom stereocenters. The van der Waals surface area contributed by atoms with Crippen LogP contribution >= 0.6 is 0 Å². The van der Waals surface area contributed by atoms with Crippen LogP contribution < -0.4 is 16.5 Å². The number of nitrogens with two attached hydrogens (primary N) is 1. The molecule has 25 heavy (non-hydrogen) atoms. The van der Waals surface area contributed by atoms with Crippen molar-refractivity contribution >= 4 is 11.8 Å². The van der Waals surface area contributed by atoms with E-state index < -0.39 is 0 Å². The Kier molecular flexibility index (Phi) is 11.5. The van der Waals surface area contributed by atoms with Crippen LogP contribution in [0.2, 0.25) is 0 Å². The highest BCUT2D eigenvalue weighted by molar-refractivity contribution is 5.82. The minimum Gasteiger partial charge on any atom is -0.356 e. The predicted octanol–water partition coefficient (Wildman–Crippen LogP) is 2.19. The summed E-state index contributed by atoms with van der Waals surface area (Å²) >= 11 is 0. The quantitative estimate of drug-likeness (QED) is 0.370. The molecule has 1 aliphatic heterocycles. The third-order valence-electron chi connectivity index (χ3n) is 4.88. The van der Waals surface area contributed by atoms with E-state index in [4.69, 9.17) is 5.84 Å². The van der Waals surface area contributed by atoms with Gasteiger partial charge in [-0.25, -0.2) is 5.01 Å². The topological polar surface area (TPSA) is 87.5 Å². The second kappa shape index (κ2) is 13.1. The third-order valence-corrected chi connectivity index (χ3v) is 4.88. The number of hydrogen-bond acceptors (Lipinski definition) is 4. The first-order valence-corrected chi connectivity index (χ1v) is 10.1. The number of hydrazine groups is 1. The Labute approximate surface area is 153 Å². The van der Waals surface area contributed by atoms with Crippen molar-refractivity contribution in [3.63, 3.8) is 0 Å². The van der Waals surface area contributed by atoms with Crippen molar-refractivity contribution in [3.05, 3.63) is 0 Å². The second-order valence-electron chi connectivity index (χ2n) is 7.29. The number of unbranched alkanes of at least 4 members (excludes halogenated alkanes) is 6. The van der Waals surface area contributed by atoms with Gasteiger partial charge in [-0.2, -0.15) is 0 Å². The number of carbonyl (C=O) groups excluding carboxylic acids is 2.